The maximum atomic E-state index is 12.3. The monoisotopic (exact) mass is 269 g/mol. The van der Waals surface area contributed by atoms with Crippen molar-refractivity contribution in [3.05, 3.63) is 75.3 Å². The first kappa shape index (κ1) is 13.6. The molecule has 0 radical (unpaired) electrons. The number of Topliss-reactive ketones (excluding diaryl/α,β-unsaturated/α-hetero) is 1. The largest absolute Gasteiger partial charge is 0.294 e. The van der Waals surface area contributed by atoms with Crippen molar-refractivity contribution in [1.29, 1.82) is 0 Å². The lowest BCUT2D eigenvalue weighted by molar-refractivity contribution is -0.384. The number of carbonyl (C=O) groups excluding carboxylic acids is 2. The van der Waals surface area contributed by atoms with Crippen LogP contribution in [0.3, 0.4) is 0 Å². The summed E-state index contributed by atoms with van der Waals surface area (Å²) in [6.45, 7) is 1.39. The van der Waals surface area contributed by atoms with Crippen molar-refractivity contribution in [2.75, 3.05) is 0 Å². The van der Waals surface area contributed by atoms with E-state index in [1.165, 1.54) is 31.2 Å². The zero-order valence-electron chi connectivity index (χ0n) is 10.7. The van der Waals surface area contributed by atoms with E-state index < -0.39 is 4.92 Å². The normalized spacial score (nSPS) is 10.1. The number of nitro groups is 1. The molecule has 0 bridgehead atoms. The molecule has 0 N–H and O–H groups in total. The molecule has 0 aromatic heterocycles. The molecule has 0 aliphatic rings. The SMILES string of the molecule is CC(=O)c1ccccc1C(=O)c1ccc([N+](=O)[O-])cc1. The van der Waals surface area contributed by atoms with E-state index >= 15 is 0 Å². The Morgan fingerprint density at radius 1 is 0.950 bits per heavy atom. The van der Waals surface area contributed by atoms with Crippen LogP contribution in [0.5, 0.6) is 0 Å². The summed E-state index contributed by atoms with van der Waals surface area (Å²) in [7, 11) is 0. The highest BCUT2D eigenvalue weighted by molar-refractivity contribution is 6.15. The summed E-state index contributed by atoms with van der Waals surface area (Å²) >= 11 is 0. The number of nitro benzene ring substituents is 1. The molecule has 0 atom stereocenters. The molecular weight excluding hydrogens is 258 g/mol. The number of non-ortho nitro benzene ring substituents is 1. The summed E-state index contributed by atoms with van der Waals surface area (Å²) in [6, 6.07) is 11.8. The molecule has 2 rings (SSSR count). The maximum absolute atomic E-state index is 12.3. The molecule has 5 nitrogen and oxygen atoms in total. The Hall–Kier alpha value is -2.82. The number of ketones is 2. The van der Waals surface area contributed by atoms with Gasteiger partial charge in [0.1, 0.15) is 0 Å². The zero-order valence-corrected chi connectivity index (χ0v) is 10.7. The van der Waals surface area contributed by atoms with Gasteiger partial charge in [-0.2, -0.15) is 0 Å². The van der Waals surface area contributed by atoms with Gasteiger partial charge in [-0.15, -0.1) is 0 Å². The summed E-state index contributed by atoms with van der Waals surface area (Å²) in [5.41, 5.74) is 0.871. The van der Waals surface area contributed by atoms with Crippen LogP contribution >= 0.6 is 0 Å². The van der Waals surface area contributed by atoms with Crippen LogP contribution < -0.4 is 0 Å². The van der Waals surface area contributed by atoms with Gasteiger partial charge in [0.05, 0.1) is 4.92 Å². The van der Waals surface area contributed by atoms with Crippen molar-refractivity contribution in [2.24, 2.45) is 0 Å². The quantitative estimate of drug-likeness (QED) is 0.485. The van der Waals surface area contributed by atoms with E-state index in [1.807, 2.05) is 0 Å². The molecule has 0 aliphatic carbocycles. The van der Waals surface area contributed by atoms with Gasteiger partial charge in [-0.05, 0) is 19.1 Å². The predicted molar refractivity (Wildman–Crippen MR) is 73.0 cm³/mol. The molecule has 2 aromatic carbocycles. The summed E-state index contributed by atoms with van der Waals surface area (Å²) in [4.78, 5) is 33.9. The second kappa shape index (κ2) is 5.44. The number of nitrogens with zero attached hydrogens (tertiary/aromatic N) is 1. The highest BCUT2D eigenvalue weighted by Crippen LogP contribution is 2.18. The summed E-state index contributed by atoms with van der Waals surface area (Å²) in [5, 5.41) is 10.6. The molecule has 0 saturated heterocycles. The fourth-order valence-corrected chi connectivity index (χ4v) is 1.88. The molecule has 100 valence electrons. The molecule has 0 fully saturated rings. The van der Waals surface area contributed by atoms with E-state index in [-0.39, 0.29) is 17.3 Å². The van der Waals surface area contributed by atoms with Gasteiger partial charge >= 0.3 is 0 Å². The van der Waals surface area contributed by atoms with Gasteiger partial charge < -0.3 is 0 Å². The minimum Gasteiger partial charge on any atom is -0.294 e. The van der Waals surface area contributed by atoms with Gasteiger partial charge in [-0.3, -0.25) is 19.7 Å². The van der Waals surface area contributed by atoms with Crippen LogP contribution in [0.4, 0.5) is 5.69 Å². The fourth-order valence-electron chi connectivity index (χ4n) is 1.88. The van der Waals surface area contributed by atoms with E-state index in [4.69, 9.17) is 0 Å². The first-order chi connectivity index (χ1) is 9.50. The Bertz CT molecular complexity index is 689. The van der Waals surface area contributed by atoms with E-state index in [9.17, 15) is 19.7 Å². The fraction of sp³-hybridized carbons (Fsp3) is 0.0667. The van der Waals surface area contributed by atoms with E-state index in [0.717, 1.165) is 0 Å². The third-order valence-electron chi connectivity index (χ3n) is 2.89. The number of hydrogen-bond donors (Lipinski definition) is 0. The molecule has 0 unspecified atom stereocenters. The average Bonchev–Trinajstić information content (AvgIpc) is 2.46. The third kappa shape index (κ3) is 2.61. The summed E-state index contributed by atoms with van der Waals surface area (Å²) in [5.74, 6) is -0.526. The summed E-state index contributed by atoms with van der Waals surface area (Å²) < 4.78 is 0. The van der Waals surface area contributed by atoms with Crippen molar-refractivity contribution >= 4 is 17.3 Å². The van der Waals surface area contributed by atoms with Gasteiger partial charge in [-0.1, -0.05) is 24.3 Å². The summed E-state index contributed by atoms with van der Waals surface area (Å²) in [6.07, 6.45) is 0. The lowest BCUT2D eigenvalue weighted by Crippen LogP contribution is -2.08. The van der Waals surface area contributed by atoms with Crippen molar-refractivity contribution in [1.82, 2.24) is 0 Å². The Morgan fingerprint density at radius 3 is 2.00 bits per heavy atom. The number of rotatable bonds is 4. The van der Waals surface area contributed by atoms with Crippen LogP contribution in [0.25, 0.3) is 0 Å². The van der Waals surface area contributed by atoms with E-state index in [0.29, 0.717) is 16.7 Å². The molecule has 20 heavy (non-hydrogen) atoms. The topological polar surface area (TPSA) is 77.3 Å². The molecule has 0 saturated carbocycles. The third-order valence-corrected chi connectivity index (χ3v) is 2.89. The lowest BCUT2D eigenvalue weighted by atomic mass is 9.96. The van der Waals surface area contributed by atoms with Gasteiger partial charge in [0.2, 0.25) is 0 Å². The van der Waals surface area contributed by atoms with E-state index in [1.54, 1.807) is 24.3 Å². The predicted octanol–water partition coefficient (Wildman–Crippen LogP) is 3.03. The average molecular weight is 269 g/mol. The molecule has 0 heterocycles. The minimum absolute atomic E-state index is 0.0820. The Labute approximate surface area is 115 Å². The van der Waals surface area contributed by atoms with Crippen molar-refractivity contribution in [3.63, 3.8) is 0 Å². The van der Waals surface area contributed by atoms with Crippen molar-refractivity contribution in [2.45, 2.75) is 6.92 Å². The van der Waals surface area contributed by atoms with Crippen LogP contribution in [-0.4, -0.2) is 16.5 Å². The number of carbonyl (C=O) groups is 2. The Kier molecular flexibility index (Phi) is 3.70. The van der Waals surface area contributed by atoms with Crippen LogP contribution in [0.2, 0.25) is 0 Å². The number of benzene rings is 2. The van der Waals surface area contributed by atoms with Crippen LogP contribution in [0, 0.1) is 10.1 Å². The highest BCUT2D eigenvalue weighted by atomic mass is 16.6. The maximum Gasteiger partial charge on any atom is 0.269 e. The lowest BCUT2D eigenvalue weighted by Gasteiger charge is -2.05. The molecule has 5 heteroatoms. The second-order valence-corrected chi connectivity index (χ2v) is 4.23. The first-order valence-corrected chi connectivity index (χ1v) is 5.90. The van der Waals surface area contributed by atoms with Gasteiger partial charge in [0.15, 0.2) is 11.6 Å². The molecule has 0 spiro atoms. The standard InChI is InChI=1S/C15H11NO4/c1-10(17)13-4-2-3-5-14(13)15(18)11-6-8-12(9-7-11)16(19)20/h2-9H,1H3. The zero-order chi connectivity index (χ0) is 14.7. The van der Waals surface area contributed by atoms with Gasteiger partial charge in [-0.25, -0.2) is 0 Å². The highest BCUT2D eigenvalue weighted by Gasteiger charge is 2.16. The van der Waals surface area contributed by atoms with Crippen LogP contribution in [0.15, 0.2) is 48.5 Å². The second-order valence-electron chi connectivity index (χ2n) is 4.23. The van der Waals surface area contributed by atoms with Gasteiger partial charge in [0.25, 0.3) is 5.69 Å². The van der Waals surface area contributed by atoms with Crippen molar-refractivity contribution < 1.29 is 14.5 Å². The number of hydrogen-bond acceptors (Lipinski definition) is 4. The van der Waals surface area contributed by atoms with Crippen molar-refractivity contribution in [3.8, 4) is 0 Å². The van der Waals surface area contributed by atoms with Crippen LogP contribution in [-0.2, 0) is 0 Å². The molecule has 0 amide bonds. The molecule has 2 aromatic rings. The molecular formula is C15H11NO4. The van der Waals surface area contributed by atoms with E-state index in [2.05, 4.69) is 0 Å². The first-order valence-electron chi connectivity index (χ1n) is 5.90. The molecule has 0 aliphatic heterocycles. The smallest absolute Gasteiger partial charge is 0.269 e. The van der Waals surface area contributed by atoms with Crippen LogP contribution in [0.1, 0.15) is 33.2 Å². The minimum atomic E-state index is -0.530. The Balaban J connectivity index is 2.41. The Morgan fingerprint density at radius 2 is 1.50 bits per heavy atom. The van der Waals surface area contributed by atoms with Gasteiger partial charge in [0, 0.05) is 28.8 Å².